The molecule has 6 nitrogen and oxygen atoms in total. The number of carbonyl (C=O) groups is 1. The first-order chi connectivity index (χ1) is 10.1. The Labute approximate surface area is 124 Å². The molecule has 0 aliphatic carbocycles. The molecule has 0 aromatic heterocycles. The lowest BCUT2D eigenvalue weighted by Crippen LogP contribution is -2.57. The van der Waals surface area contributed by atoms with Crippen LogP contribution in [0.3, 0.4) is 0 Å². The number of nitriles is 1. The number of carbonyl (C=O) groups excluding carboxylic acids is 1. The number of benzene rings is 1. The molecular weight excluding hydrogens is 270 g/mol. The fraction of sp³-hybridized carbons (Fsp3) is 0.467. The summed E-state index contributed by atoms with van der Waals surface area (Å²) in [6.07, 6.45) is -0.203. The van der Waals surface area contributed by atoms with Crippen LogP contribution in [-0.2, 0) is 9.53 Å². The van der Waals surface area contributed by atoms with Gasteiger partial charge >= 0.3 is 0 Å². The van der Waals surface area contributed by atoms with Crippen molar-refractivity contribution in [1.82, 2.24) is 4.90 Å². The standard InChI is InChI=1S/C15H19N3O3/c1-11-14(15(17)19)18(6-8-20-11)7-9-21-13-4-2-12(10-16)3-5-13/h2-5,11,14H,6-9H2,1H3,(H2,17,19)/t11-,14+/m1/s1. The Hall–Kier alpha value is -2.10. The van der Waals surface area contributed by atoms with E-state index in [2.05, 4.69) is 6.07 Å². The Kier molecular flexibility index (Phi) is 5.14. The first kappa shape index (κ1) is 15.3. The molecule has 1 fully saturated rings. The third kappa shape index (κ3) is 3.94. The number of hydrogen-bond donors (Lipinski definition) is 1. The Balaban J connectivity index is 1.86. The number of ether oxygens (including phenoxy) is 2. The van der Waals surface area contributed by atoms with Gasteiger partial charge in [-0.3, -0.25) is 9.69 Å². The molecule has 0 spiro atoms. The fourth-order valence-electron chi connectivity index (χ4n) is 2.45. The van der Waals surface area contributed by atoms with Crippen LogP contribution < -0.4 is 10.5 Å². The maximum absolute atomic E-state index is 11.5. The summed E-state index contributed by atoms with van der Waals surface area (Å²) in [6.45, 7) is 4.14. The SMILES string of the molecule is C[C@H]1OCCN(CCOc2ccc(C#N)cc2)[C@@H]1C(N)=O. The zero-order valence-corrected chi connectivity index (χ0v) is 12.0. The van der Waals surface area contributed by atoms with E-state index >= 15 is 0 Å². The summed E-state index contributed by atoms with van der Waals surface area (Å²) in [7, 11) is 0. The van der Waals surface area contributed by atoms with E-state index in [-0.39, 0.29) is 12.0 Å². The van der Waals surface area contributed by atoms with Crippen LogP contribution in [0.25, 0.3) is 0 Å². The van der Waals surface area contributed by atoms with E-state index in [1.54, 1.807) is 24.3 Å². The smallest absolute Gasteiger partial charge is 0.237 e. The quantitative estimate of drug-likeness (QED) is 0.853. The Morgan fingerprint density at radius 2 is 2.24 bits per heavy atom. The lowest BCUT2D eigenvalue weighted by molar-refractivity contribution is -0.136. The lowest BCUT2D eigenvalue weighted by atomic mass is 10.1. The summed E-state index contributed by atoms with van der Waals surface area (Å²) in [4.78, 5) is 13.5. The van der Waals surface area contributed by atoms with Gasteiger partial charge in [-0.05, 0) is 31.2 Å². The number of nitrogens with zero attached hydrogens (tertiary/aromatic N) is 2. The first-order valence-electron chi connectivity index (χ1n) is 6.89. The van der Waals surface area contributed by atoms with Crippen molar-refractivity contribution in [3.63, 3.8) is 0 Å². The number of primary amides is 1. The molecule has 1 aliphatic heterocycles. The second-order valence-corrected chi connectivity index (χ2v) is 4.94. The highest BCUT2D eigenvalue weighted by molar-refractivity contribution is 5.80. The molecule has 112 valence electrons. The molecule has 2 N–H and O–H groups in total. The zero-order valence-electron chi connectivity index (χ0n) is 12.0. The maximum Gasteiger partial charge on any atom is 0.237 e. The topological polar surface area (TPSA) is 88.6 Å². The number of rotatable bonds is 5. The fourth-order valence-corrected chi connectivity index (χ4v) is 2.45. The van der Waals surface area contributed by atoms with E-state index < -0.39 is 6.04 Å². The highest BCUT2D eigenvalue weighted by Crippen LogP contribution is 2.15. The molecule has 0 radical (unpaired) electrons. The third-order valence-electron chi connectivity index (χ3n) is 3.52. The van der Waals surface area contributed by atoms with Gasteiger partial charge in [-0.25, -0.2) is 0 Å². The van der Waals surface area contributed by atoms with Crippen LogP contribution in [0.2, 0.25) is 0 Å². The van der Waals surface area contributed by atoms with E-state index in [0.717, 1.165) is 0 Å². The van der Waals surface area contributed by atoms with Gasteiger partial charge in [0.1, 0.15) is 18.4 Å². The molecule has 6 heteroatoms. The third-order valence-corrected chi connectivity index (χ3v) is 3.52. The zero-order chi connectivity index (χ0) is 15.2. The van der Waals surface area contributed by atoms with Gasteiger partial charge in [-0.2, -0.15) is 5.26 Å². The molecular formula is C15H19N3O3. The summed E-state index contributed by atoms with van der Waals surface area (Å²) in [6, 6.07) is 8.57. The summed E-state index contributed by atoms with van der Waals surface area (Å²) >= 11 is 0. The van der Waals surface area contributed by atoms with Gasteiger partial charge < -0.3 is 15.2 Å². The van der Waals surface area contributed by atoms with E-state index in [0.29, 0.717) is 37.6 Å². The molecule has 1 aromatic rings. The van der Waals surface area contributed by atoms with Crippen LogP contribution in [0, 0.1) is 11.3 Å². The van der Waals surface area contributed by atoms with E-state index in [4.69, 9.17) is 20.5 Å². The van der Waals surface area contributed by atoms with Crippen LogP contribution in [-0.4, -0.2) is 49.3 Å². The Bertz CT molecular complexity index is 524. The van der Waals surface area contributed by atoms with Gasteiger partial charge in [0.2, 0.25) is 5.91 Å². The van der Waals surface area contributed by atoms with Crippen LogP contribution in [0.1, 0.15) is 12.5 Å². The average molecular weight is 289 g/mol. The minimum absolute atomic E-state index is 0.203. The number of hydrogen-bond acceptors (Lipinski definition) is 5. The highest BCUT2D eigenvalue weighted by Gasteiger charge is 2.33. The van der Waals surface area contributed by atoms with Crippen LogP contribution >= 0.6 is 0 Å². The number of nitrogens with two attached hydrogens (primary N) is 1. The van der Waals surface area contributed by atoms with Crippen molar-refractivity contribution >= 4 is 5.91 Å². The van der Waals surface area contributed by atoms with Gasteiger partial charge in [-0.1, -0.05) is 0 Å². The first-order valence-corrected chi connectivity index (χ1v) is 6.89. The second kappa shape index (κ2) is 7.07. The lowest BCUT2D eigenvalue weighted by Gasteiger charge is -2.37. The summed E-state index contributed by atoms with van der Waals surface area (Å²) < 4.78 is 11.1. The van der Waals surface area contributed by atoms with Crippen LogP contribution in [0.15, 0.2) is 24.3 Å². The molecule has 0 unspecified atom stereocenters. The van der Waals surface area contributed by atoms with Gasteiger partial charge in [0.05, 0.1) is 24.3 Å². The molecule has 0 bridgehead atoms. The van der Waals surface area contributed by atoms with E-state index in [1.807, 2.05) is 11.8 Å². The summed E-state index contributed by atoms with van der Waals surface area (Å²) in [5.41, 5.74) is 6.03. The Morgan fingerprint density at radius 1 is 1.52 bits per heavy atom. The van der Waals surface area contributed by atoms with Crippen molar-refractivity contribution < 1.29 is 14.3 Å². The number of amides is 1. The molecule has 0 saturated carbocycles. The molecule has 1 saturated heterocycles. The van der Waals surface area contributed by atoms with Crippen LogP contribution in [0.5, 0.6) is 5.75 Å². The van der Waals surface area contributed by atoms with Crippen molar-refractivity contribution in [2.24, 2.45) is 5.73 Å². The van der Waals surface area contributed by atoms with Crippen molar-refractivity contribution in [2.45, 2.75) is 19.1 Å². The molecule has 1 amide bonds. The van der Waals surface area contributed by atoms with Gasteiger partial charge in [0.25, 0.3) is 0 Å². The van der Waals surface area contributed by atoms with Crippen molar-refractivity contribution in [2.75, 3.05) is 26.3 Å². The monoisotopic (exact) mass is 289 g/mol. The predicted octanol–water partition coefficient (Wildman–Crippen LogP) is 0.512. The average Bonchev–Trinajstić information content (AvgIpc) is 2.47. The van der Waals surface area contributed by atoms with Crippen molar-refractivity contribution in [3.05, 3.63) is 29.8 Å². The molecule has 21 heavy (non-hydrogen) atoms. The van der Waals surface area contributed by atoms with Gasteiger partial charge in [0, 0.05) is 13.1 Å². The van der Waals surface area contributed by atoms with Crippen molar-refractivity contribution in [1.29, 1.82) is 5.26 Å². The molecule has 1 aliphatic rings. The maximum atomic E-state index is 11.5. The largest absolute Gasteiger partial charge is 0.492 e. The summed E-state index contributed by atoms with van der Waals surface area (Å²) in [5, 5.41) is 8.73. The molecule has 2 rings (SSSR count). The number of morpholine rings is 1. The molecule has 2 atom stereocenters. The van der Waals surface area contributed by atoms with Gasteiger partial charge in [-0.15, -0.1) is 0 Å². The Morgan fingerprint density at radius 3 is 2.86 bits per heavy atom. The van der Waals surface area contributed by atoms with E-state index in [9.17, 15) is 4.79 Å². The van der Waals surface area contributed by atoms with Crippen molar-refractivity contribution in [3.8, 4) is 11.8 Å². The van der Waals surface area contributed by atoms with Gasteiger partial charge in [0.15, 0.2) is 0 Å². The molecule has 1 aromatic carbocycles. The predicted molar refractivity (Wildman–Crippen MR) is 76.6 cm³/mol. The summed E-state index contributed by atoms with van der Waals surface area (Å²) in [5.74, 6) is 0.325. The van der Waals surface area contributed by atoms with Crippen LogP contribution in [0.4, 0.5) is 0 Å². The normalized spacial score (nSPS) is 22.5. The van der Waals surface area contributed by atoms with E-state index in [1.165, 1.54) is 0 Å². The highest BCUT2D eigenvalue weighted by atomic mass is 16.5. The molecule has 1 heterocycles. The minimum Gasteiger partial charge on any atom is -0.492 e. The second-order valence-electron chi connectivity index (χ2n) is 4.94. The minimum atomic E-state index is -0.414.